The average Bonchev–Trinajstić information content (AvgIpc) is 3.14. The number of aryl methyl sites for hydroxylation is 1. The van der Waals surface area contributed by atoms with Crippen molar-refractivity contribution in [3.8, 4) is 5.75 Å². The van der Waals surface area contributed by atoms with E-state index in [9.17, 15) is 4.79 Å². The van der Waals surface area contributed by atoms with Crippen LogP contribution in [0.25, 0.3) is 10.9 Å². The van der Waals surface area contributed by atoms with Crippen LogP contribution in [0.2, 0.25) is 0 Å². The van der Waals surface area contributed by atoms with Crippen molar-refractivity contribution in [1.29, 1.82) is 0 Å². The van der Waals surface area contributed by atoms with E-state index in [2.05, 4.69) is 11.1 Å². The lowest BCUT2D eigenvalue weighted by Crippen LogP contribution is -2.29. The quantitative estimate of drug-likeness (QED) is 0.785. The normalized spacial score (nSPS) is 13.4. The molecule has 1 N–H and O–H groups in total. The molecule has 1 aromatic heterocycles. The van der Waals surface area contributed by atoms with Gasteiger partial charge in [0.05, 0.1) is 23.6 Å². The average molecular weight is 306 g/mol. The van der Waals surface area contributed by atoms with E-state index < -0.39 is 0 Å². The molecular formula is C19H18N2O2. The number of carbonyl (C=O) groups is 1. The summed E-state index contributed by atoms with van der Waals surface area (Å²) in [6, 6.07) is 13.9. The molecule has 116 valence electrons. The molecule has 4 heteroatoms. The van der Waals surface area contributed by atoms with E-state index >= 15 is 0 Å². The Labute approximate surface area is 134 Å². The summed E-state index contributed by atoms with van der Waals surface area (Å²) >= 11 is 0. The van der Waals surface area contributed by atoms with Gasteiger partial charge in [0.1, 0.15) is 5.75 Å². The van der Waals surface area contributed by atoms with Crippen LogP contribution < -0.4 is 9.64 Å². The van der Waals surface area contributed by atoms with E-state index in [0.717, 1.165) is 41.0 Å². The molecule has 2 heterocycles. The van der Waals surface area contributed by atoms with Crippen LogP contribution in [-0.4, -0.2) is 24.5 Å². The fourth-order valence-corrected chi connectivity index (χ4v) is 3.47. The molecule has 0 aliphatic carbocycles. The Morgan fingerprint density at radius 3 is 2.83 bits per heavy atom. The van der Waals surface area contributed by atoms with Crippen molar-refractivity contribution in [2.24, 2.45) is 0 Å². The topological polar surface area (TPSA) is 45.3 Å². The van der Waals surface area contributed by atoms with Gasteiger partial charge in [-0.05, 0) is 37.1 Å². The third kappa shape index (κ3) is 2.02. The number of rotatable bonds is 2. The SMILES string of the molecule is COc1cccc2[nH]c(C)c(C(=O)N3CCc4ccccc43)c12. The Morgan fingerprint density at radius 1 is 1.17 bits per heavy atom. The number of hydrogen-bond donors (Lipinski definition) is 1. The van der Waals surface area contributed by atoms with E-state index in [4.69, 9.17) is 4.74 Å². The summed E-state index contributed by atoms with van der Waals surface area (Å²) in [6.45, 7) is 2.66. The zero-order valence-electron chi connectivity index (χ0n) is 13.2. The maximum Gasteiger partial charge on any atom is 0.260 e. The monoisotopic (exact) mass is 306 g/mol. The van der Waals surface area contributed by atoms with E-state index in [-0.39, 0.29) is 5.91 Å². The molecule has 4 nitrogen and oxygen atoms in total. The Balaban J connectivity index is 1.87. The summed E-state index contributed by atoms with van der Waals surface area (Å²) in [4.78, 5) is 18.4. The first kappa shape index (κ1) is 13.9. The second-order valence-electron chi connectivity index (χ2n) is 5.84. The van der Waals surface area contributed by atoms with Crippen LogP contribution in [0.15, 0.2) is 42.5 Å². The number of nitrogens with one attached hydrogen (secondary N) is 1. The van der Waals surface area contributed by atoms with Gasteiger partial charge < -0.3 is 14.6 Å². The van der Waals surface area contributed by atoms with E-state index in [1.807, 2.05) is 48.2 Å². The predicted octanol–water partition coefficient (Wildman–Crippen LogP) is 3.69. The number of anilines is 1. The molecule has 1 aliphatic rings. The van der Waals surface area contributed by atoms with Crippen LogP contribution in [0.5, 0.6) is 5.75 Å². The Hall–Kier alpha value is -2.75. The number of methoxy groups -OCH3 is 1. The van der Waals surface area contributed by atoms with E-state index in [0.29, 0.717) is 5.56 Å². The number of nitrogens with zero attached hydrogens (tertiary/aromatic N) is 1. The molecule has 0 spiro atoms. The summed E-state index contributed by atoms with van der Waals surface area (Å²) in [7, 11) is 1.64. The van der Waals surface area contributed by atoms with Gasteiger partial charge in [-0.25, -0.2) is 0 Å². The highest BCUT2D eigenvalue weighted by Crippen LogP contribution is 2.35. The standard InChI is InChI=1S/C19H18N2O2/c1-12-17(18-14(20-12)7-5-9-16(18)23-2)19(22)21-11-10-13-6-3-4-8-15(13)21/h3-9,20H,10-11H2,1-2H3. The summed E-state index contributed by atoms with van der Waals surface area (Å²) in [5.41, 5.74) is 4.75. The van der Waals surface area contributed by atoms with Crippen molar-refractivity contribution in [2.75, 3.05) is 18.6 Å². The number of aromatic amines is 1. The Bertz CT molecular complexity index is 911. The highest BCUT2D eigenvalue weighted by molar-refractivity contribution is 6.17. The zero-order chi connectivity index (χ0) is 16.0. The molecular weight excluding hydrogens is 288 g/mol. The van der Waals surface area contributed by atoms with Crippen molar-refractivity contribution >= 4 is 22.5 Å². The predicted molar refractivity (Wildman–Crippen MR) is 91.4 cm³/mol. The van der Waals surface area contributed by atoms with Crippen LogP contribution in [0.4, 0.5) is 5.69 Å². The molecule has 0 fully saturated rings. The fourth-order valence-electron chi connectivity index (χ4n) is 3.47. The van der Waals surface area contributed by atoms with Gasteiger partial charge in [0.15, 0.2) is 0 Å². The molecule has 0 saturated carbocycles. The van der Waals surface area contributed by atoms with Gasteiger partial charge in [0, 0.05) is 17.9 Å². The lowest BCUT2D eigenvalue weighted by atomic mass is 10.1. The van der Waals surface area contributed by atoms with Gasteiger partial charge in [0.25, 0.3) is 5.91 Å². The molecule has 23 heavy (non-hydrogen) atoms. The van der Waals surface area contributed by atoms with Gasteiger partial charge >= 0.3 is 0 Å². The van der Waals surface area contributed by atoms with Crippen molar-refractivity contribution in [3.63, 3.8) is 0 Å². The number of amides is 1. The molecule has 3 aromatic rings. The fraction of sp³-hybridized carbons (Fsp3) is 0.211. The number of benzene rings is 2. The van der Waals surface area contributed by atoms with Gasteiger partial charge in [0.2, 0.25) is 0 Å². The lowest BCUT2D eigenvalue weighted by Gasteiger charge is -2.18. The molecule has 1 aliphatic heterocycles. The Morgan fingerprint density at radius 2 is 2.00 bits per heavy atom. The van der Waals surface area contributed by atoms with E-state index in [1.165, 1.54) is 5.56 Å². The summed E-state index contributed by atoms with van der Waals surface area (Å²) < 4.78 is 5.47. The largest absolute Gasteiger partial charge is 0.496 e. The molecule has 0 bridgehead atoms. The zero-order valence-corrected chi connectivity index (χ0v) is 13.2. The maximum absolute atomic E-state index is 13.2. The number of H-pyrrole nitrogens is 1. The summed E-state index contributed by atoms with van der Waals surface area (Å²) in [6.07, 6.45) is 0.903. The van der Waals surface area contributed by atoms with E-state index in [1.54, 1.807) is 7.11 Å². The van der Waals surface area contributed by atoms with Crippen LogP contribution in [0, 0.1) is 6.92 Å². The maximum atomic E-state index is 13.2. The minimum Gasteiger partial charge on any atom is -0.496 e. The third-order valence-electron chi connectivity index (χ3n) is 4.54. The Kier molecular flexibility index (Phi) is 3.11. The summed E-state index contributed by atoms with van der Waals surface area (Å²) in [5, 5.41) is 0.863. The van der Waals surface area contributed by atoms with Crippen LogP contribution >= 0.6 is 0 Å². The number of para-hydroxylation sites is 1. The first-order valence-corrected chi connectivity index (χ1v) is 7.75. The molecule has 0 radical (unpaired) electrons. The second kappa shape index (κ2) is 5.16. The van der Waals surface area contributed by atoms with Gasteiger partial charge in [-0.1, -0.05) is 24.3 Å². The number of aromatic nitrogens is 1. The van der Waals surface area contributed by atoms with Crippen LogP contribution in [-0.2, 0) is 6.42 Å². The lowest BCUT2D eigenvalue weighted by molar-refractivity contribution is 0.0990. The van der Waals surface area contributed by atoms with Crippen LogP contribution in [0.1, 0.15) is 21.6 Å². The first-order valence-electron chi connectivity index (χ1n) is 7.75. The summed E-state index contributed by atoms with van der Waals surface area (Å²) in [5.74, 6) is 0.755. The van der Waals surface area contributed by atoms with Crippen molar-refractivity contribution in [2.45, 2.75) is 13.3 Å². The number of fused-ring (bicyclic) bond motifs is 2. The third-order valence-corrected chi connectivity index (χ3v) is 4.54. The smallest absolute Gasteiger partial charge is 0.260 e. The minimum atomic E-state index is 0.0307. The molecule has 1 amide bonds. The molecule has 0 atom stereocenters. The van der Waals surface area contributed by atoms with Gasteiger partial charge in [-0.15, -0.1) is 0 Å². The molecule has 0 unspecified atom stereocenters. The number of ether oxygens (including phenoxy) is 1. The van der Waals surface area contributed by atoms with Crippen molar-refractivity contribution in [1.82, 2.24) is 4.98 Å². The molecule has 2 aromatic carbocycles. The first-order chi connectivity index (χ1) is 11.2. The minimum absolute atomic E-state index is 0.0307. The number of carbonyl (C=O) groups excluding carboxylic acids is 1. The highest BCUT2D eigenvalue weighted by Gasteiger charge is 2.29. The number of hydrogen-bond acceptors (Lipinski definition) is 2. The molecule has 4 rings (SSSR count). The van der Waals surface area contributed by atoms with Crippen LogP contribution in [0.3, 0.4) is 0 Å². The van der Waals surface area contributed by atoms with Gasteiger partial charge in [-0.2, -0.15) is 0 Å². The van der Waals surface area contributed by atoms with Gasteiger partial charge in [-0.3, -0.25) is 4.79 Å². The second-order valence-corrected chi connectivity index (χ2v) is 5.84. The van der Waals surface area contributed by atoms with Crippen molar-refractivity contribution < 1.29 is 9.53 Å². The van der Waals surface area contributed by atoms with Crippen molar-refractivity contribution in [3.05, 3.63) is 59.3 Å². The highest BCUT2D eigenvalue weighted by atomic mass is 16.5. The molecule has 0 saturated heterocycles.